The first-order chi connectivity index (χ1) is 9.92. The lowest BCUT2D eigenvalue weighted by atomic mass is 9.96. The van der Waals surface area contributed by atoms with Gasteiger partial charge in [-0.1, -0.05) is 39.8 Å². The fourth-order valence-electron chi connectivity index (χ4n) is 2.28. The first kappa shape index (κ1) is 20.4. The smallest absolute Gasteiger partial charge is 0.191 e. The number of hydrogen-bond acceptors (Lipinski definition) is 2. The molecule has 1 N–H and O–H groups in total. The van der Waals surface area contributed by atoms with Crippen LogP contribution in [0.2, 0.25) is 18.1 Å². The Morgan fingerprint density at radius 3 is 2.24 bits per heavy atom. The van der Waals surface area contributed by atoms with Crippen molar-refractivity contribution in [1.29, 1.82) is 0 Å². The first-order valence-electron chi connectivity index (χ1n) is 8.35. The summed E-state index contributed by atoms with van der Waals surface area (Å²) in [5.41, 5.74) is 1.01. The quantitative estimate of drug-likeness (QED) is 0.273. The van der Waals surface area contributed by atoms with E-state index in [1.54, 1.807) is 0 Å². The highest BCUT2D eigenvalue weighted by atomic mass is 28.4. The molecule has 2 unspecified atom stereocenters. The lowest BCUT2D eigenvalue weighted by Gasteiger charge is -2.27. The van der Waals surface area contributed by atoms with E-state index >= 15 is 0 Å². The van der Waals surface area contributed by atoms with Crippen molar-refractivity contribution in [2.45, 2.75) is 78.1 Å². The Morgan fingerprint density at radius 2 is 1.76 bits per heavy atom. The topological polar surface area (TPSA) is 29.5 Å². The molecule has 0 rings (SSSR count). The zero-order valence-corrected chi connectivity index (χ0v) is 15.7. The molecule has 0 aromatic carbocycles. The van der Waals surface area contributed by atoms with Gasteiger partial charge >= 0.3 is 0 Å². The largest absolute Gasteiger partial charge is 0.417 e. The molecule has 0 aromatic heterocycles. The Bertz CT molecular complexity index is 342. The van der Waals surface area contributed by atoms with Crippen molar-refractivity contribution in [3.05, 3.63) is 12.2 Å². The summed E-state index contributed by atoms with van der Waals surface area (Å²) in [6.07, 6.45) is 1.99. The van der Waals surface area contributed by atoms with E-state index in [9.17, 15) is 5.11 Å². The maximum atomic E-state index is 9.91. The van der Waals surface area contributed by atoms with Crippen LogP contribution in [0.3, 0.4) is 0 Å². The van der Waals surface area contributed by atoms with Crippen molar-refractivity contribution in [3.63, 3.8) is 0 Å². The molecule has 0 aliphatic carbocycles. The maximum absolute atomic E-state index is 9.91. The van der Waals surface area contributed by atoms with Crippen LogP contribution >= 0.6 is 0 Å². The number of unbranched alkanes of at least 4 members (excludes halogenated alkanes) is 1. The second-order valence-corrected chi connectivity index (χ2v) is 10.7. The monoisotopic (exact) mass is 310 g/mol. The molecular weight excluding hydrogens is 276 g/mol. The summed E-state index contributed by atoms with van der Waals surface area (Å²) in [6, 6.07) is 3.62. The van der Waals surface area contributed by atoms with Crippen molar-refractivity contribution >= 4 is 8.32 Å². The number of aliphatic hydroxyl groups is 1. The van der Waals surface area contributed by atoms with Crippen LogP contribution < -0.4 is 0 Å². The van der Waals surface area contributed by atoms with Gasteiger partial charge in [0.05, 0.1) is 6.10 Å². The summed E-state index contributed by atoms with van der Waals surface area (Å²) in [6.45, 7) is 15.4. The van der Waals surface area contributed by atoms with Gasteiger partial charge in [0.1, 0.15) is 0 Å². The van der Waals surface area contributed by atoms with Crippen LogP contribution in [-0.4, -0.2) is 26.1 Å². The third-order valence-corrected chi connectivity index (χ3v) is 9.26. The van der Waals surface area contributed by atoms with Crippen LogP contribution in [0.4, 0.5) is 0 Å². The van der Waals surface area contributed by atoms with Gasteiger partial charge in [-0.2, -0.15) is 0 Å². The molecule has 0 fully saturated rings. The van der Waals surface area contributed by atoms with Gasteiger partial charge in [-0.3, -0.25) is 0 Å². The standard InChI is InChI=1S/C18H34O2Si/c1-7-21(8-2,9-3)20-15-13-11-10-12-14-18(19)17(6)16(4)5/h17-19H,4,7-9,11,13-15H2,1-3,5-6H3. The molecule has 21 heavy (non-hydrogen) atoms. The third kappa shape index (κ3) is 7.85. The number of hydrogen-bond donors (Lipinski definition) is 1. The number of aliphatic hydroxyl groups excluding tert-OH is 1. The molecule has 0 amide bonds. The summed E-state index contributed by atoms with van der Waals surface area (Å²) >= 11 is 0. The third-order valence-electron chi connectivity index (χ3n) is 4.58. The average molecular weight is 311 g/mol. The molecule has 0 saturated heterocycles. The molecule has 0 aromatic rings. The van der Waals surface area contributed by atoms with Crippen molar-refractivity contribution in [1.82, 2.24) is 0 Å². The van der Waals surface area contributed by atoms with E-state index in [-0.39, 0.29) is 5.92 Å². The summed E-state index contributed by atoms with van der Waals surface area (Å²) in [4.78, 5) is 0. The molecule has 0 aliphatic heterocycles. The minimum absolute atomic E-state index is 0.118. The van der Waals surface area contributed by atoms with E-state index in [0.717, 1.165) is 25.0 Å². The van der Waals surface area contributed by atoms with Gasteiger partial charge < -0.3 is 9.53 Å². The Kier molecular flexibility index (Phi) is 10.8. The summed E-state index contributed by atoms with van der Waals surface area (Å²) in [7, 11) is -1.43. The predicted molar refractivity (Wildman–Crippen MR) is 94.8 cm³/mol. The minimum Gasteiger partial charge on any atom is -0.417 e. The van der Waals surface area contributed by atoms with Gasteiger partial charge in [-0.25, -0.2) is 0 Å². The van der Waals surface area contributed by atoms with Gasteiger partial charge in [0.25, 0.3) is 0 Å². The highest BCUT2D eigenvalue weighted by Gasteiger charge is 2.27. The fourth-order valence-corrected chi connectivity index (χ4v) is 4.97. The van der Waals surface area contributed by atoms with Crippen molar-refractivity contribution < 1.29 is 9.53 Å². The summed E-state index contributed by atoms with van der Waals surface area (Å²) < 4.78 is 6.18. The van der Waals surface area contributed by atoms with E-state index in [0.29, 0.717) is 6.42 Å². The SMILES string of the molecule is C=C(C)C(C)C(O)CC#CCCCO[Si](CC)(CC)CC. The molecule has 0 spiro atoms. The molecule has 0 radical (unpaired) electrons. The molecule has 0 aliphatic rings. The molecule has 0 saturated carbocycles. The lowest BCUT2D eigenvalue weighted by Crippen LogP contribution is -2.36. The lowest BCUT2D eigenvalue weighted by molar-refractivity contribution is 0.138. The normalized spacial score (nSPS) is 14.2. The van der Waals surface area contributed by atoms with Crippen molar-refractivity contribution in [2.24, 2.45) is 5.92 Å². The van der Waals surface area contributed by atoms with Crippen LogP contribution in [0, 0.1) is 17.8 Å². The summed E-state index contributed by atoms with van der Waals surface area (Å²) in [5, 5.41) is 9.91. The van der Waals surface area contributed by atoms with Crippen LogP contribution in [0.25, 0.3) is 0 Å². The summed E-state index contributed by atoms with van der Waals surface area (Å²) in [5.74, 6) is 6.34. The Labute approximate surface area is 133 Å². The van der Waals surface area contributed by atoms with E-state index in [1.807, 2.05) is 13.8 Å². The van der Waals surface area contributed by atoms with Crippen LogP contribution in [0.1, 0.15) is 53.9 Å². The van der Waals surface area contributed by atoms with E-state index in [2.05, 4.69) is 39.2 Å². The van der Waals surface area contributed by atoms with Gasteiger partial charge in [0, 0.05) is 25.4 Å². The predicted octanol–water partition coefficient (Wildman–Crippen LogP) is 4.76. The zero-order valence-electron chi connectivity index (χ0n) is 14.7. The molecular formula is C18H34O2Si. The van der Waals surface area contributed by atoms with E-state index < -0.39 is 14.4 Å². The average Bonchev–Trinajstić information content (AvgIpc) is 2.49. The van der Waals surface area contributed by atoms with E-state index in [4.69, 9.17) is 4.43 Å². The van der Waals surface area contributed by atoms with Crippen LogP contribution in [0.15, 0.2) is 12.2 Å². The van der Waals surface area contributed by atoms with Gasteiger partial charge in [0.2, 0.25) is 0 Å². The molecule has 2 atom stereocenters. The van der Waals surface area contributed by atoms with Crippen LogP contribution in [-0.2, 0) is 4.43 Å². The van der Waals surface area contributed by atoms with Crippen molar-refractivity contribution in [2.75, 3.05) is 6.61 Å². The zero-order chi connectivity index (χ0) is 16.3. The van der Waals surface area contributed by atoms with E-state index in [1.165, 1.54) is 18.1 Å². The first-order valence-corrected chi connectivity index (χ1v) is 10.9. The molecule has 2 nitrogen and oxygen atoms in total. The highest BCUT2D eigenvalue weighted by molar-refractivity contribution is 6.73. The molecule has 0 bridgehead atoms. The Morgan fingerprint density at radius 1 is 1.19 bits per heavy atom. The van der Waals surface area contributed by atoms with Gasteiger partial charge in [-0.15, -0.1) is 11.8 Å². The Hall–Kier alpha value is -0.563. The molecule has 0 heterocycles. The van der Waals surface area contributed by atoms with Gasteiger partial charge in [0.15, 0.2) is 8.32 Å². The maximum Gasteiger partial charge on any atom is 0.191 e. The highest BCUT2D eigenvalue weighted by Crippen LogP contribution is 2.21. The number of rotatable bonds is 10. The molecule has 3 heteroatoms. The van der Waals surface area contributed by atoms with Gasteiger partial charge in [-0.05, 0) is 31.5 Å². The van der Waals surface area contributed by atoms with Crippen molar-refractivity contribution in [3.8, 4) is 11.8 Å². The fraction of sp³-hybridized carbons (Fsp3) is 0.778. The second kappa shape index (κ2) is 11.1. The molecule has 122 valence electrons. The Balaban J connectivity index is 3.92. The second-order valence-electron chi connectivity index (χ2n) is 5.96. The van der Waals surface area contributed by atoms with Crippen LogP contribution in [0.5, 0.6) is 0 Å². The minimum atomic E-state index is -1.43.